The molecule has 2 aromatic heterocycles. The standard InChI is InChI=1S/C68H78B2N2/c1-37(2)43-28-49(39(5)6)63(50(29-43)40(7)8)69-55-24-21-23-48-47-22-19-20-25-59(47)71(65(48)55)61-36-57-62(35-56(61)69)72-60-27-26-45(67(13,14)15)32-53(60)54-33-46(68(16,17)18)34-58(66(54)72)70(57)64-51(41(9)10)30-44(38(3)4)31-52(64)42(11)12/h19-42H,1-18H3. The predicted molar refractivity (Wildman–Crippen MR) is 319 cm³/mol. The molecule has 0 atom stereocenters. The molecule has 0 bridgehead atoms. The van der Waals surface area contributed by atoms with Gasteiger partial charge >= 0.3 is 0 Å². The van der Waals surface area contributed by atoms with Gasteiger partial charge < -0.3 is 9.13 Å². The van der Waals surface area contributed by atoms with E-state index in [-0.39, 0.29) is 24.3 Å². The van der Waals surface area contributed by atoms with Crippen LogP contribution >= 0.6 is 0 Å². The van der Waals surface area contributed by atoms with Crippen LogP contribution < -0.4 is 32.8 Å². The average Bonchev–Trinajstić information content (AvgIpc) is 3.84. The topological polar surface area (TPSA) is 9.86 Å². The van der Waals surface area contributed by atoms with Crippen molar-refractivity contribution in [2.24, 2.45) is 0 Å². The Hall–Kier alpha value is -5.73. The van der Waals surface area contributed by atoms with Crippen LogP contribution in [0.2, 0.25) is 0 Å². The molecule has 9 aromatic rings. The van der Waals surface area contributed by atoms with Gasteiger partial charge in [0, 0.05) is 44.0 Å². The maximum absolute atomic E-state index is 2.73. The number of nitrogens with zero attached hydrogens (tertiary/aromatic N) is 2. The lowest BCUT2D eigenvalue weighted by Gasteiger charge is -2.36. The van der Waals surface area contributed by atoms with Gasteiger partial charge in [0.25, 0.3) is 0 Å². The van der Waals surface area contributed by atoms with Gasteiger partial charge in [0.1, 0.15) is 0 Å². The van der Waals surface area contributed by atoms with Gasteiger partial charge in [-0.05, 0) is 149 Å². The summed E-state index contributed by atoms with van der Waals surface area (Å²) in [5.74, 6) is 2.23. The van der Waals surface area contributed by atoms with Crippen molar-refractivity contribution in [1.29, 1.82) is 0 Å². The van der Waals surface area contributed by atoms with Crippen molar-refractivity contribution in [3.63, 3.8) is 0 Å². The fourth-order valence-corrected chi connectivity index (χ4v) is 13.2. The van der Waals surface area contributed by atoms with E-state index in [1.807, 2.05) is 0 Å². The van der Waals surface area contributed by atoms with Crippen LogP contribution in [0.5, 0.6) is 0 Å². The van der Waals surface area contributed by atoms with Crippen molar-refractivity contribution >= 4 is 89.8 Å². The number of benzene rings is 7. The van der Waals surface area contributed by atoms with Crippen molar-refractivity contribution in [2.75, 3.05) is 0 Å². The van der Waals surface area contributed by atoms with E-state index in [1.165, 1.54) is 132 Å². The Morgan fingerprint density at radius 2 is 0.778 bits per heavy atom. The first-order valence-corrected chi connectivity index (χ1v) is 27.7. The van der Waals surface area contributed by atoms with Gasteiger partial charge in [0.2, 0.25) is 13.4 Å². The van der Waals surface area contributed by atoms with Gasteiger partial charge in [-0.2, -0.15) is 0 Å². The molecule has 0 saturated carbocycles. The minimum absolute atomic E-state index is 0.000670. The van der Waals surface area contributed by atoms with E-state index in [4.69, 9.17) is 0 Å². The maximum atomic E-state index is 2.73. The van der Waals surface area contributed by atoms with Crippen LogP contribution in [0.1, 0.15) is 205 Å². The molecule has 2 aliphatic heterocycles. The average molecular weight is 945 g/mol. The van der Waals surface area contributed by atoms with E-state index in [9.17, 15) is 0 Å². The number of hydrogen-bond donors (Lipinski definition) is 0. The summed E-state index contributed by atoms with van der Waals surface area (Å²) < 4.78 is 5.41. The highest BCUT2D eigenvalue weighted by Gasteiger charge is 2.43. The van der Waals surface area contributed by atoms with Gasteiger partial charge in [0.15, 0.2) is 0 Å². The number of hydrogen-bond acceptors (Lipinski definition) is 0. The Balaban J connectivity index is 1.39. The molecule has 2 nitrogen and oxygen atoms in total. The van der Waals surface area contributed by atoms with E-state index >= 15 is 0 Å². The molecular formula is C68H78B2N2. The first kappa shape index (κ1) is 48.5. The zero-order valence-corrected chi connectivity index (χ0v) is 46.9. The van der Waals surface area contributed by atoms with E-state index in [0.29, 0.717) is 35.5 Å². The van der Waals surface area contributed by atoms with Crippen molar-refractivity contribution in [1.82, 2.24) is 9.13 Å². The van der Waals surface area contributed by atoms with E-state index in [0.717, 1.165) is 0 Å². The third-order valence-electron chi connectivity index (χ3n) is 17.2. The highest BCUT2D eigenvalue weighted by atomic mass is 15.0. The van der Waals surface area contributed by atoms with E-state index in [2.05, 4.69) is 243 Å². The second-order valence-electron chi connectivity index (χ2n) is 26.1. The predicted octanol–water partition coefficient (Wildman–Crippen LogP) is 14.9. The minimum atomic E-state index is -0.0648. The third-order valence-corrected chi connectivity index (χ3v) is 17.2. The summed E-state index contributed by atoms with van der Waals surface area (Å²) in [4.78, 5) is 0. The van der Waals surface area contributed by atoms with E-state index in [1.54, 1.807) is 0 Å². The highest BCUT2D eigenvalue weighted by molar-refractivity contribution is 7.00. The largest absolute Gasteiger partial charge is 0.310 e. The van der Waals surface area contributed by atoms with Crippen LogP contribution in [0.15, 0.2) is 109 Å². The van der Waals surface area contributed by atoms with Crippen LogP contribution in [0.25, 0.3) is 55.0 Å². The van der Waals surface area contributed by atoms with Gasteiger partial charge in [0.05, 0.1) is 11.0 Å². The molecule has 0 aliphatic carbocycles. The van der Waals surface area contributed by atoms with Gasteiger partial charge in [-0.25, -0.2) is 0 Å². The third kappa shape index (κ3) is 7.26. The Morgan fingerprint density at radius 3 is 1.25 bits per heavy atom. The first-order valence-electron chi connectivity index (χ1n) is 27.7. The SMILES string of the molecule is CC(C)c1cc(C(C)C)c(B2c3cc4c(cc3-n3c5ccccc5c5cccc2c53)B(c2c(C(C)C)cc(C(C)C)cc2C(C)C)c2cc(C(C)(C)C)cc3c5cc(C(C)(C)C)ccc5n-4c23)c(C(C)C)c1. The first-order chi connectivity index (χ1) is 34.0. The van der Waals surface area contributed by atoms with Gasteiger partial charge in [-0.1, -0.05) is 208 Å². The lowest BCUT2D eigenvalue weighted by Crippen LogP contribution is -2.62. The smallest absolute Gasteiger partial charge is 0.247 e. The summed E-state index contributed by atoms with van der Waals surface area (Å²) in [6.07, 6.45) is 0. The van der Waals surface area contributed by atoms with Crippen LogP contribution in [-0.4, -0.2) is 22.6 Å². The summed E-state index contributed by atoms with van der Waals surface area (Å²) in [6.45, 7) is 43.2. The number of aromatic nitrogens is 2. The number of fused-ring (bicyclic) bond motifs is 10. The van der Waals surface area contributed by atoms with Gasteiger partial charge in [-0.15, -0.1) is 0 Å². The lowest BCUT2D eigenvalue weighted by molar-refractivity contribution is 0.590. The lowest BCUT2D eigenvalue weighted by atomic mass is 9.31. The molecule has 0 saturated heterocycles. The van der Waals surface area contributed by atoms with Gasteiger partial charge in [-0.3, -0.25) is 0 Å². The Kier molecular flexibility index (Phi) is 11.4. The zero-order valence-electron chi connectivity index (χ0n) is 46.9. The second-order valence-corrected chi connectivity index (χ2v) is 26.1. The summed E-state index contributed by atoms with van der Waals surface area (Å²) in [6, 6.07) is 44.8. The van der Waals surface area contributed by atoms with Crippen LogP contribution in [-0.2, 0) is 10.8 Å². The summed E-state index contributed by atoms with van der Waals surface area (Å²) >= 11 is 0. The second kappa shape index (κ2) is 16.9. The fraction of sp³-hybridized carbons (Fsp3) is 0.382. The monoisotopic (exact) mass is 945 g/mol. The molecule has 72 heavy (non-hydrogen) atoms. The van der Waals surface area contributed by atoms with Crippen LogP contribution in [0.4, 0.5) is 0 Å². The van der Waals surface area contributed by atoms with Crippen molar-refractivity contribution in [3.05, 3.63) is 154 Å². The molecule has 0 unspecified atom stereocenters. The molecule has 0 N–H and O–H groups in total. The fourth-order valence-electron chi connectivity index (χ4n) is 13.2. The van der Waals surface area contributed by atoms with Crippen molar-refractivity contribution < 1.29 is 0 Å². The Morgan fingerprint density at radius 1 is 0.347 bits per heavy atom. The molecule has 0 fully saturated rings. The zero-order chi connectivity index (χ0) is 51.4. The van der Waals surface area contributed by atoms with Crippen molar-refractivity contribution in [2.45, 2.75) is 171 Å². The molecule has 4 heterocycles. The highest BCUT2D eigenvalue weighted by Crippen LogP contribution is 2.41. The molecule has 0 spiro atoms. The summed E-state index contributed by atoms with van der Waals surface area (Å²) in [5, 5.41) is 5.38. The van der Waals surface area contributed by atoms with Crippen molar-refractivity contribution in [3.8, 4) is 11.4 Å². The quantitative estimate of drug-likeness (QED) is 0.134. The minimum Gasteiger partial charge on any atom is -0.310 e. The van der Waals surface area contributed by atoms with E-state index < -0.39 is 0 Å². The maximum Gasteiger partial charge on any atom is 0.247 e. The Labute approximate surface area is 432 Å². The number of rotatable bonds is 8. The summed E-state index contributed by atoms with van der Waals surface area (Å²) in [5.41, 5.74) is 28.1. The molecule has 11 rings (SSSR count). The molecule has 0 amide bonds. The molecular weight excluding hydrogens is 866 g/mol. The molecule has 4 heteroatoms. The normalized spacial score (nSPS) is 13.8. The molecule has 0 radical (unpaired) electrons. The molecule has 7 aromatic carbocycles. The summed E-state index contributed by atoms with van der Waals surface area (Å²) in [7, 11) is 0. The molecule has 366 valence electrons. The Bertz CT molecular complexity index is 3620. The number of para-hydroxylation sites is 2. The van der Waals surface area contributed by atoms with Crippen LogP contribution in [0.3, 0.4) is 0 Å². The van der Waals surface area contributed by atoms with Crippen LogP contribution in [0, 0.1) is 0 Å². The molecule has 2 aliphatic rings.